The first kappa shape index (κ1) is 16.7. The van der Waals surface area contributed by atoms with Gasteiger partial charge in [-0.05, 0) is 44.4 Å². The SMILES string of the molecule is CCN(CC(=O)O)C1CC(NC(=O)Nc2cccc(C3CC3)n2)C1. The van der Waals surface area contributed by atoms with Crippen molar-refractivity contribution in [2.45, 2.75) is 50.6 Å². The minimum atomic E-state index is -0.812. The van der Waals surface area contributed by atoms with Gasteiger partial charge in [0.05, 0.1) is 6.54 Å². The summed E-state index contributed by atoms with van der Waals surface area (Å²) in [5.41, 5.74) is 1.05. The third-order valence-corrected chi connectivity index (χ3v) is 4.72. The monoisotopic (exact) mass is 332 g/mol. The van der Waals surface area contributed by atoms with E-state index < -0.39 is 5.97 Å². The number of amides is 2. The zero-order valence-corrected chi connectivity index (χ0v) is 13.9. The molecule has 0 spiro atoms. The van der Waals surface area contributed by atoms with Crippen LogP contribution >= 0.6 is 0 Å². The van der Waals surface area contributed by atoms with Gasteiger partial charge in [0, 0.05) is 23.7 Å². The van der Waals surface area contributed by atoms with Gasteiger partial charge < -0.3 is 10.4 Å². The van der Waals surface area contributed by atoms with E-state index in [1.807, 2.05) is 24.0 Å². The Morgan fingerprint density at radius 2 is 2.08 bits per heavy atom. The second kappa shape index (κ2) is 7.17. The van der Waals surface area contributed by atoms with Crippen molar-refractivity contribution in [1.82, 2.24) is 15.2 Å². The zero-order valence-electron chi connectivity index (χ0n) is 13.9. The maximum Gasteiger partial charge on any atom is 0.320 e. The van der Waals surface area contributed by atoms with Crippen molar-refractivity contribution in [3.05, 3.63) is 23.9 Å². The second-order valence-electron chi connectivity index (χ2n) is 6.60. The predicted molar refractivity (Wildman–Crippen MR) is 90.1 cm³/mol. The van der Waals surface area contributed by atoms with E-state index in [1.54, 1.807) is 6.07 Å². The minimum absolute atomic E-state index is 0.0535. The lowest BCUT2D eigenvalue weighted by atomic mass is 9.85. The molecule has 2 amide bonds. The normalized spacial score (nSPS) is 22.8. The lowest BCUT2D eigenvalue weighted by Crippen LogP contribution is -2.55. The molecule has 24 heavy (non-hydrogen) atoms. The van der Waals surface area contributed by atoms with Crippen molar-refractivity contribution in [3.63, 3.8) is 0 Å². The van der Waals surface area contributed by atoms with E-state index >= 15 is 0 Å². The summed E-state index contributed by atoms with van der Waals surface area (Å²) < 4.78 is 0. The Morgan fingerprint density at radius 1 is 1.33 bits per heavy atom. The summed E-state index contributed by atoms with van der Waals surface area (Å²) in [6.45, 7) is 2.71. The Bertz CT molecular complexity index is 612. The van der Waals surface area contributed by atoms with Crippen LogP contribution in [0.1, 0.15) is 44.2 Å². The van der Waals surface area contributed by atoms with E-state index in [4.69, 9.17) is 5.11 Å². The highest BCUT2D eigenvalue weighted by Crippen LogP contribution is 2.39. The van der Waals surface area contributed by atoms with Gasteiger partial charge in [0.2, 0.25) is 0 Å². The molecule has 2 saturated carbocycles. The van der Waals surface area contributed by atoms with Crippen LogP contribution in [-0.2, 0) is 4.79 Å². The minimum Gasteiger partial charge on any atom is -0.480 e. The highest BCUT2D eigenvalue weighted by atomic mass is 16.4. The summed E-state index contributed by atoms with van der Waals surface area (Å²) in [7, 11) is 0. The number of aromatic nitrogens is 1. The molecule has 3 rings (SSSR count). The Morgan fingerprint density at radius 3 is 2.71 bits per heavy atom. The summed E-state index contributed by atoms with van der Waals surface area (Å²) in [6.07, 6.45) is 3.92. The van der Waals surface area contributed by atoms with Gasteiger partial charge in [0.25, 0.3) is 0 Å². The number of carboxylic acids is 1. The van der Waals surface area contributed by atoms with Gasteiger partial charge in [-0.25, -0.2) is 9.78 Å². The van der Waals surface area contributed by atoms with Crippen molar-refractivity contribution < 1.29 is 14.7 Å². The van der Waals surface area contributed by atoms with Crippen molar-refractivity contribution in [1.29, 1.82) is 0 Å². The summed E-state index contributed by atoms with van der Waals surface area (Å²) in [4.78, 5) is 29.3. The summed E-state index contributed by atoms with van der Waals surface area (Å²) >= 11 is 0. The molecule has 1 heterocycles. The van der Waals surface area contributed by atoms with Crippen LogP contribution in [0.15, 0.2) is 18.2 Å². The van der Waals surface area contributed by atoms with E-state index in [2.05, 4.69) is 15.6 Å². The number of urea groups is 1. The summed E-state index contributed by atoms with van der Waals surface area (Å²) in [6, 6.07) is 5.78. The van der Waals surface area contributed by atoms with E-state index in [0.717, 1.165) is 18.5 Å². The van der Waals surface area contributed by atoms with E-state index in [9.17, 15) is 9.59 Å². The standard InChI is InChI=1S/C17H24N4O3/c1-2-21(10-16(22)23)13-8-12(9-13)18-17(24)20-15-5-3-4-14(19-15)11-6-7-11/h3-5,11-13H,2,6-10H2,1H3,(H,22,23)(H2,18,19,20,24). The highest BCUT2D eigenvalue weighted by Gasteiger charge is 2.34. The molecule has 2 aliphatic rings. The molecule has 1 aromatic rings. The third kappa shape index (κ3) is 4.23. The van der Waals surface area contributed by atoms with Crippen LogP contribution in [0.4, 0.5) is 10.6 Å². The number of carbonyl (C=O) groups is 2. The number of carboxylic acid groups (broad SMARTS) is 1. The van der Waals surface area contributed by atoms with Gasteiger partial charge >= 0.3 is 12.0 Å². The maximum absolute atomic E-state index is 12.1. The lowest BCUT2D eigenvalue weighted by molar-refractivity contribution is -0.139. The third-order valence-electron chi connectivity index (χ3n) is 4.72. The average Bonchev–Trinajstić information content (AvgIpc) is 3.33. The van der Waals surface area contributed by atoms with Crippen molar-refractivity contribution in [2.24, 2.45) is 0 Å². The predicted octanol–water partition coefficient (Wildman–Crippen LogP) is 2.02. The van der Waals surface area contributed by atoms with E-state index in [0.29, 0.717) is 18.3 Å². The first-order valence-corrected chi connectivity index (χ1v) is 8.55. The average molecular weight is 332 g/mol. The fourth-order valence-corrected chi connectivity index (χ4v) is 3.14. The van der Waals surface area contributed by atoms with Crippen LogP contribution in [0.2, 0.25) is 0 Å². The molecular formula is C17H24N4O3. The van der Waals surface area contributed by atoms with E-state index in [-0.39, 0.29) is 24.7 Å². The van der Waals surface area contributed by atoms with Gasteiger partial charge in [-0.2, -0.15) is 0 Å². The molecule has 2 aliphatic carbocycles. The van der Waals surface area contributed by atoms with Gasteiger partial charge in [-0.1, -0.05) is 13.0 Å². The number of hydrogen-bond donors (Lipinski definition) is 3. The molecular weight excluding hydrogens is 308 g/mol. The molecule has 0 atom stereocenters. The van der Waals surface area contributed by atoms with Gasteiger partial charge in [0.15, 0.2) is 0 Å². The van der Waals surface area contributed by atoms with Crippen molar-refractivity contribution >= 4 is 17.8 Å². The second-order valence-corrected chi connectivity index (χ2v) is 6.60. The first-order chi connectivity index (χ1) is 11.5. The molecule has 0 radical (unpaired) electrons. The molecule has 130 valence electrons. The van der Waals surface area contributed by atoms with Gasteiger partial charge in [0.1, 0.15) is 5.82 Å². The molecule has 0 aromatic carbocycles. The maximum atomic E-state index is 12.1. The van der Waals surface area contributed by atoms with Gasteiger partial charge in [-0.3, -0.25) is 15.0 Å². The van der Waals surface area contributed by atoms with Crippen molar-refractivity contribution in [2.75, 3.05) is 18.4 Å². The molecule has 3 N–H and O–H groups in total. The van der Waals surface area contributed by atoms with Crippen LogP contribution in [0, 0.1) is 0 Å². The topological polar surface area (TPSA) is 94.6 Å². The van der Waals surface area contributed by atoms with Crippen LogP contribution in [0.5, 0.6) is 0 Å². The Balaban J connectivity index is 1.43. The molecule has 2 fully saturated rings. The van der Waals surface area contributed by atoms with E-state index in [1.165, 1.54) is 12.8 Å². The number of carbonyl (C=O) groups excluding carboxylic acids is 1. The van der Waals surface area contributed by atoms with Gasteiger partial charge in [-0.15, -0.1) is 0 Å². The lowest BCUT2D eigenvalue weighted by Gasteiger charge is -2.42. The Kier molecular flexibility index (Phi) is 4.99. The van der Waals surface area contributed by atoms with Crippen LogP contribution in [0.3, 0.4) is 0 Å². The molecule has 1 aromatic heterocycles. The number of hydrogen-bond acceptors (Lipinski definition) is 4. The molecule has 0 saturated heterocycles. The number of nitrogens with one attached hydrogen (secondary N) is 2. The fourth-order valence-electron chi connectivity index (χ4n) is 3.14. The largest absolute Gasteiger partial charge is 0.480 e. The Labute approximate surface area is 141 Å². The van der Waals surface area contributed by atoms with Crippen LogP contribution < -0.4 is 10.6 Å². The summed E-state index contributed by atoms with van der Waals surface area (Å²) in [5, 5.41) is 14.6. The molecule has 0 aliphatic heterocycles. The molecule has 0 bridgehead atoms. The summed E-state index contributed by atoms with van der Waals surface area (Å²) in [5.74, 6) is 0.318. The molecule has 7 nitrogen and oxygen atoms in total. The smallest absolute Gasteiger partial charge is 0.320 e. The number of nitrogens with zero attached hydrogens (tertiary/aromatic N) is 2. The molecule has 0 unspecified atom stereocenters. The number of rotatable bonds is 7. The quantitative estimate of drug-likeness (QED) is 0.710. The van der Waals surface area contributed by atoms with Crippen LogP contribution in [-0.4, -0.2) is 52.2 Å². The van der Waals surface area contributed by atoms with Crippen molar-refractivity contribution in [3.8, 4) is 0 Å². The highest BCUT2D eigenvalue weighted by molar-refractivity contribution is 5.88. The molecule has 7 heteroatoms. The number of aliphatic carboxylic acids is 1. The fraction of sp³-hybridized carbons (Fsp3) is 0.588. The number of pyridine rings is 1. The van der Waals surface area contributed by atoms with Crippen LogP contribution in [0.25, 0.3) is 0 Å². The zero-order chi connectivity index (χ0) is 17.1. The Hall–Kier alpha value is -2.15. The number of likely N-dealkylation sites (N-methyl/N-ethyl adjacent to an activating group) is 1. The number of anilines is 1. The first-order valence-electron chi connectivity index (χ1n) is 8.55.